The second-order valence-electron chi connectivity index (χ2n) is 12.1. The van der Waals surface area contributed by atoms with Gasteiger partial charge in [-0.15, -0.1) is 5.41 Å². The van der Waals surface area contributed by atoms with Crippen LogP contribution in [0.1, 0.15) is 85.6 Å². The van der Waals surface area contributed by atoms with Crippen molar-refractivity contribution in [3.8, 4) is 0 Å². The van der Waals surface area contributed by atoms with E-state index in [-0.39, 0.29) is 48.3 Å². The maximum atomic E-state index is 13.8. The molecule has 0 aliphatic carbocycles. The Morgan fingerprint density at radius 3 is 2.44 bits per heavy atom. The normalized spacial score (nSPS) is 13.0. The van der Waals surface area contributed by atoms with Crippen molar-refractivity contribution in [1.82, 2.24) is 14.8 Å². The predicted octanol–water partition coefficient (Wildman–Crippen LogP) is 7.87. The minimum absolute atomic E-state index is 0. The van der Waals surface area contributed by atoms with E-state index < -0.39 is 11.2 Å². The number of benzene rings is 1. The van der Waals surface area contributed by atoms with Gasteiger partial charge in [-0.3, -0.25) is 16.0 Å². The number of carbonyl (C=O) groups is 1. The molecule has 2 aromatic rings. The first-order chi connectivity index (χ1) is 23.3. The van der Waals surface area contributed by atoms with Gasteiger partial charge >= 0.3 is 31.1 Å². The number of hydrogen-bond donors (Lipinski definition) is 4. The van der Waals surface area contributed by atoms with Crippen molar-refractivity contribution in [3.05, 3.63) is 77.8 Å². The fourth-order valence-electron chi connectivity index (χ4n) is 4.77. The fraction of sp³-hybridized carbons (Fsp3) is 0.526. The van der Waals surface area contributed by atoms with Crippen LogP contribution in [0.3, 0.4) is 0 Å². The van der Waals surface area contributed by atoms with Gasteiger partial charge in [0.15, 0.2) is 0 Å². The van der Waals surface area contributed by atoms with E-state index in [1.807, 2.05) is 33.0 Å². The summed E-state index contributed by atoms with van der Waals surface area (Å²) in [4.78, 5) is 31.6. The smallest absolute Gasteiger partial charge is 0.541 e. The van der Waals surface area contributed by atoms with E-state index in [1.54, 1.807) is 31.1 Å². The van der Waals surface area contributed by atoms with Crippen LogP contribution in [-0.2, 0) is 9.59 Å². The Kier molecular flexibility index (Phi) is 27.8. The molecule has 278 valence electrons. The van der Waals surface area contributed by atoms with Crippen molar-refractivity contribution in [3.63, 3.8) is 0 Å². The van der Waals surface area contributed by atoms with E-state index in [0.29, 0.717) is 42.6 Å². The summed E-state index contributed by atoms with van der Waals surface area (Å²) in [6, 6.07) is 7.86. The number of rotatable bonds is 19. The molecule has 0 spiro atoms. The molecule has 2 rings (SSSR count). The van der Waals surface area contributed by atoms with Crippen molar-refractivity contribution in [2.75, 3.05) is 50.9 Å². The first kappa shape index (κ1) is 49.5. The van der Waals surface area contributed by atoms with Crippen LogP contribution in [0.2, 0.25) is 5.02 Å². The number of amides is 1. The number of nitrogens with zero attached hydrogens (tertiary/aromatic N) is 3. The minimum atomic E-state index is -0.650. The van der Waals surface area contributed by atoms with Gasteiger partial charge in [0.1, 0.15) is 11.6 Å². The third-order valence-corrected chi connectivity index (χ3v) is 8.00. The minimum Gasteiger partial charge on any atom is -0.541 e. The molecule has 0 aliphatic heterocycles. The first-order valence-corrected chi connectivity index (χ1v) is 17.6. The molecule has 2 atom stereocenters. The monoisotopic (exact) mass is 940 g/mol. The zero-order valence-electron chi connectivity index (χ0n) is 31.5. The molecule has 1 aromatic heterocycles. The molecular formula is C38H61ClFN7O2U. The summed E-state index contributed by atoms with van der Waals surface area (Å²) >= 11 is 5.85. The number of carbonyl (C=O) groups excluding carboxylic acids is 2. The third-order valence-electron chi connectivity index (χ3n) is 7.77. The molecule has 1 amide bonds. The van der Waals surface area contributed by atoms with Crippen molar-refractivity contribution in [1.29, 1.82) is 0 Å². The molecule has 12 heteroatoms. The second-order valence-corrected chi connectivity index (χ2v) is 12.6. The number of nitrogens with two attached hydrogens (primary N) is 2. The Bertz CT molecular complexity index is 1310. The zero-order valence-corrected chi connectivity index (χ0v) is 36.5. The van der Waals surface area contributed by atoms with Crippen LogP contribution in [0.25, 0.3) is 5.70 Å². The molecule has 0 bridgehead atoms. The molecule has 0 saturated carbocycles. The molecule has 1 heterocycles. The van der Waals surface area contributed by atoms with Crippen molar-refractivity contribution in [2.45, 2.75) is 80.1 Å². The number of hydrogen-bond acceptors (Lipinski definition) is 8. The average molecular weight is 940 g/mol. The molecule has 2 unspecified atom stereocenters. The van der Waals surface area contributed by atoms with Gasteiger partial charge in [0, 0.05) is 48.3 Å². The van der Waals surface area contributed by atoms with E-state index in [4.69, 9.17) is 23.1 Å². The maximum Gasteiger partial charge on any atom is 2.00 e. The molecule has 0 radical (unpaired) electrons. The van der Waals surface area contributed by atoms with Gasteiger partial charge in [0.05, 0.1) is 12.4 Å². The second kappa shape index (κ2) is 28.1. The summed E-state index contributed by atoms with van der Waals surface area (Å²) < 4.78 is 13.8. The Balaban J connectivity index is 0. The number of aromatic nitrogens is 1. The molecule has 0 aliphatic rings. The van der Waals surface area contributed by atoms with E-state index in [9.17, 15) is 14.0 Å². The maximum absolute atomic E-state index is 13.8. The Morgan fingerprint density at radius 1 is 1.18 bits per heavy atom. The Morgan fingerprint density at radius 2 is 1.86 bits per heavy atom. The van der Waals surface area contributed by atoms with Gasteiger partial charge in [-0.05, 0) is 81.2 Å². The van der Waals surface area contributed by atoms with Crippen molar-refractivity contribution in [2.24, 2.45) is 22.8 Å². The first-order valence-electron chi connectivity index (χ1n) is 17.2. The third kappa shape index (κ3) is 20.3. The predicted molar refractivity (Wildman–Crippen MR) is 206 cm³/mol. The summed E-state index contributed by atoms with van der Waals surface area (Å²) in [5.41, 5.74) is 12.6. The van der Waals surface area contributed by atoms with Gasteiger partial charge in [-0.25, -0.2) is 9.37 Å². The summed E-state index contributed by atoms with van der Waals surface area (Å²) in [7, 11) is 3.61. The molecule has 0 fully saturated rings. The van der Waals surface area contributed by atoms with E-state index in [2.05, 4.69) is 54.5 Å². The van der Waals surface area contributed by atoms with Crippen molar-refractivity contribution >= 4 is 41.0 Å². The topological polar surface area (TPSA) is 130 Å². The standard InChI is InChI=1S/C18H23ClFN3O.C18H32N4O.C2H6.U/c1-4-9-18(2,12-24)11-23(3)17(22)8-7-16(21)14-10-13(19)5-6-15(14)20;1-5-11-22(12-7-8-15(3)6-2)14-18(23)21-17-13-16(19-4)9-10-20-17;1-2;/h5-8,10H,1,4,9,11,21-22H2,2-3H3;9-10,13,15H,5-8,11-12,14H2,1-4H3,(H2,19,20,21,23);1-2H3;/q-2;;;+2/b16-7-,17-8+;;;. The quantitative estimate of drug-likeness (QED) is 0.0829. The number of allylic oxidation sites excluding steroid dienone is 2. The summed E-state index contributed by atoms with van der Waals surface area (Å²) in [5.74, 6) is 1.29. The van der Waals surface area contributed by atoms with E-state index in [0.717, 1.165) is 37.5 Å². The molecule has 1 aromatic carbocycles. The van der Waals surface area contributed by atoms with Gasteiger partial charge in [0.2, 0.25) is 5.91 Å². The van der Waals surface area contributed by atoms with Crippen molar-refractivity contribution < 1.29 is 45.1 Å². The van der Waals surface area contributed by atoms with Crippen LogP contribution >= 0.6 is 11.6 Å². The SMILES string of the molecule is CC.CCCN(CCCC(C)CC)CC(=O)Nc1cc(NC)ccn1.[CH2-]CCC(C)([C-]=O)CN(C)/C(N)=C/C=C(\N)c1cc(Cl)ccc1F.[U+2]. The Hall–Kier alpha value is -2.58. The van der Waals surface area contributed by atoms with E-state index >= 15 is 0 Å². The number of halogens is 2. The summed E-state index contributed by atoms with van der Waals surface area (Å²) in [6.07, 6.45) is 12.7. The van der Waals surface area contributed by atoms with Crippen LogP contribution in [0.15, 0.2) is 54.5 Å². The van der Waals surface area contributed by atoms with Crippen LogP contribution in [0, 0.1) is 55.2 Å². The number of pyridine rings is 1. The summed E-state index contributed by atoms with van der Waals surface area (Å²) in [6.45, 7) is 19.0. The van der Waals surface area contributed by atoms with Crippen LogP contribution in [0.4, 0.5) is 15.9 Å². The zero-order chi connectivity index (χ0) is 37.4. The molecule has 9 nitrogen and oxygen atoms in total. The summed E-state index contributed by atoms with van der Waals surface area (Å²) in [5, 5.41) is 6.32. The van der Waals surface area contributed by atoms with E-state index in [1.165, 1.54) is 37.1 Å². The largest absolute Gasteiger partial charge is 2.00 e. The molecule has 0 saturated heterocycles. The van der Waals surface area contributed by atoms with Gasteiger partial charge in [-0.1, -0.05) is 66.0 Å². The fourth-order valence-corrected chi connectivity index (χ4v) is 4.94. The average Bonchev–Trinajstić information content (AvgIpc) is 3.09. The molecule has 50 heavy (non-hydrogen) atoms. The van der Waals surface area contributed by atoms with Gasteiger partial charge in [-0.2, -0.15) is 6.42 Å². The van der Waals surface area contributed by atoms with Crippen LogP contribution < -0.4 is 22.1 Å². The van der Waals surface area contributed by atoms with Gasteiger partial charge < -0.3 is 38.7 Å². The molecule has 6 N–H and O–H groups in total. The van der Waals surface area contributed by atoms with Crippen LogP contribution in [-0.4, -0.2) is 67.3 Å². The number of anilines is 2. The molecular weight excluding hydrogens is 879 g/mol. The Labute approximate surface area is 330 Å². The number of nitrogens with one attached hydrogen (secondary N) is 2. The van der Waals surface area contributed by atoms with Gasteiger partial charge in [0.25, 0.3) is 0 Å². The van der Waals surface area contributed by atoms with Crippen LogP contribution in [0.5, 0.6) is 0 Å².